The van der Waals surface area contributed by atoms with Gasteiger partial charge in [0.2, 0.25) is 0 Å². The Bertz CT molecular complexity index is 535. The number of nitrogens with zero attached hydrogens (tertiary/aromatic N) is 1. The normalized spacial score (nSPS) is 14.7. The average molecular weight is 213 g/mol. The van der Waals surface area contributed by atoms with Crippen LogP contribution in [0.2, 0.25) is 0 Å². The molecular weight excluding hydrogens is 198 g/mol. The minimum absolute atomic E-state index is 0.514. The topological polar surface area (TPSA) is 22.1 Å². The summed E-state index contributed by atoms with van der Waals surface area (Å²) in [5.74, 6) is 0.514. The first kappa shape index (κ1) is 9.79. The zero-order chi connectivity index (χ0) is 11.1. The maximum absolute atomic E-state index is 5.56. The van der Waals surface area contributed by atoms with E-state index < -0.39 is 0 Å². The van der Waals surface area contributed by atoms with Crippen LogP contribution in [0.4, 0.5) is 0 Å². The third kappa shape index (κ3) is 1.34. The Morgan fingerprint density at radius 2 is 1.88 bits per heavy atom. The Balaban J connectivity index is 2.40. The van der Waals surface area contributed by atoms with Crippen molar-refractivity contribution in [3.05, 3.63) is 41.1 Å². The molecule has 2 heteroatoms. The predicted octanol–water partition coefficient (Wildman–Crippen LogP) is 3.39. The van der Waals surface area contributed by atoms with Crippen molar-refractivity contribution >= 4 is 10.9 Å². The molecule has 16 heavy (non-hydrogen) atoms. The number of aromatic nitrogens is 1. The molecular formula is C14H15NO. The maximum Gasteiger partial charge on any atom is 0.0743 e. The fourth-order valence-corrected chi connectivity index (χ4v) is 2.41. The van der Waals surface area contributed by atoms with Gasteiger partial charge >= 0.3 is 0 Å². The van der Waals surface area contributed by atoms with Crippen LogP contribution in [-0.4, -0.2) is 4.98 Å². The molecule has 1 aromatic heterocycles. The van der Waals surface area contributed by atoms with Gasteiger partial charge in [0.25, 0.3) is 0 Å². The summed E-state index contributed by atoms with van der Waals surface area (Å²) in [5.41, 5.74) is 5.04. The third-order valence-electron chi connectivity index (χ3n) is 3.23. The molecule has 0 saturated heterocycles. The van der Waals surface area contributed by atoms with Gasteiger partial charge in [0.15, 0.2) is 0 Å². The molecule has 1 aliphatic heterocycles. The highest BCUT2D eigenvalue weighted by Gasteiger charge is 2.16. The number of benzene rings is 1. The van der Waals surface area contributed by atoms with Crippen molar-refractivity contribution in [2.75, 3.05) is 0 Å². The van der Waals surface area contributed by atoms with E-state index in [0.717, 1.165) is 5.52 Å². The molecule has 0 amide bonds. The zero-order valence-electron chi connectivity index (χ0n) is 9.66. The molecule has 82 valence electrons. The van der Waals surface area contributed by atoms with Crippen LogP contribution in [0.5, 0.6) is 0 Å². The van der Waals surface area contributed by atoms with Gasteiger partial charge in [-0.1, -0.05) is 26.0 Å². The first-order valence-electron chi connectivity index (χ1n) is 5.74. The van der Waals surface area contributed by atoms with E-state index in [9.17, 15) is 0 Å². The Labute approximate surface area is 95.3 Å². The van der Waals surface area contributed by atoms with Gasteiger partial charge in [0.1, 0.15) is 0 Å². The average Bonchev–Trinajstić information content (AvgIpc) is 2.30. The van der Waals surface area contributed by atoms with Crippen LogP contribution in [0, 0.1) is 0 Å². The van der Waals surface area contributed by atoms with Crippen LogP contribution in [0.25, 0.3) is 10.9 Å². The Kier molecular flexibility index (Phi) is 2.18. The highest BCUT2D eigenvalue weighted by atomic mass is 16.5. The van der Waals surface area contributed by atoms with Crippen LogP contribution in [0.1, 0.15) is 36.5 Å². The van der Waals surface area contributed by atoms with E-state index in [2.05, 4.69) is 37.0 Å². The van der Waals surface area contributed by atoms with Gasteiger partial charge in [-0.2, -0.15) is 0 Å². The Morgan fingerprint density at radius 3 is 2.62 bits per heavy atom. The van der Waals surface area contributed by atoms with Crippen LogP contribution in [-0.2, 0) is 18.0 Å². The number of rotatable bonds is 1. The molecule has 1 aliphatic rings. The number of hydrogen-bond acceptors (Lipinski definition) is 2. The molecule has 2 nitrogen and oxygen atoms in total. The standard InChI is InChI=1S/C14H15NO/c1-9(2)12-4-3-10-7-16-8-11-5-6-15-14(12)13(10)11/h3-6,9H,7-8H2,1-2H3. The van der Waals surface area contributed by atoms with Crippen molar-refractivity contribution in [3.8, 4) is 0 Å². The molecule has 1 aromatic carbocycles. The molecule has 0 radical (unpaired) electrons. The Hall–Kier alpha value is -1.41. The number of hydrogen-bond donors (Lipinski definition) is 0. The second kappa shape index (κ2) is 3.56. The van der Waals surface area contributed by atoms with Crippen molar-refractivity contribution < 1.29 is 4.74 Å². The van der Waals surface area contributed by atoms with Crippen LogP contribution >= 0.6 is 0 Å². The van der Waals surface area contributed by atoms with Crippen molar-refractivity contribution in [3.63, 3.8) is 0 Å². The molecule has 0 bridgehead atoms. The van der Waals surface area contributed by atoms with Crippen LogP contribution < -0.4 is 0 Å². The fourth-order valence-electron chi connectivity index (χ4n) is 2.41. The predicted molar refractivity (Wildman–Crippen MR) is 64.3 cm³/mol. The lowest BCUT2D eigenvalue weighted by Gasteiger charge is -2.19. The number of pyridine rings is 1. The van der Waals surface area contributed by atoms with E-state index in [1.165, 1.54) is 22.1 Å². The van der Waals surface area contributed by atoms with Crippen molar-refractivity contribution in [2.45, 2.75) is 33.0 Å². The van der Waals surface area contributed by atoms with E-state index in [0.29, 0.717) is 19.1 Å². The molecule has 0 aliphatic carbocycles. The molecule has 0 fully saturated rings. The summed E-state index contributed by atoms with van der Waals surface area (Å²) in [4.78, 5) is 4.55. The van der Waals surface area contributed by atoms with Gasteiger partial charge in [0, 0.05) is 11.6 Å². The highest BCUT2D eigenvalue weighted by molar-refractivity contribution is 5.88. The Morgan fingerprint density at radius 1 is 1.12 bits per heavy atom. The van der Waals surface area contributed by atoms with E-state index in [4.69, 9.17) is 4.74 Å². The maximum atomic E-state index is 5.56. The van der Waals surface area contributed by atoms with Gasteiger partial charge in [-0.25, -0.2) is 0 Å². The molecule has 2 aromatic rings. The van der Waals surface area contributed by atoms with Gasteiger partial charge < -0.3 is 4.74 Å². The summed E-state index contributed by atoms with van der Waals surface area (Å²) in [7, 11) is 0. The monoisotopic (exact) mass is 213 g/mol. The lowest BCUT2D eigenvalue weighted by atomic mass is 9.94. The summed E-state index contributed by atoms with van der Waals surface area (Å²) in [5, 5.41) is 1.32. The minimum Gasteiger partial charge on any atom is -0.372 e. The highest BCUT2D eigenvalue weighted by Crippen LogP contribution is 2.32. The first-order chi connectivity index (χ1) is 7.77. The molecule has 2 heterocycles. The summed E-state index contributed by atoms with van der Waals surface area (Å²) < 4.78 is 5.56. The van der Waals surface area contributed by atoms with Crippen LogP contribution in [0.3, 0.4) is 0 Å². The molecule has 0 spiro atoms. The van der Waals surface area contributed by atoms with Gasteiger partial charge in [-0.05, 0) is 28.7 Å². The number of ether oxygens (including phenoxy) is 1. The van der Waals surface area contributed by atoms with Gasteiger partial charge in [-0.3, -0.25) is 4.98 Å². The van der Waals surface area contributed by atoms with Crippen molar-refractivity contribution in [2.24, 2.45) is 0 Å². The lowest BCUT2D eigenvalue weighted by molar-refractivity contribution is 0.103. The molecule has 3 rings (SSSR count). The second-order valence-electron chi connectivity index (χ2n) is 4.66. The van der Waals surface area contributed by atoms with Crippen molar-refractivity contribution in [1.82, 2.24) is 4.98 Å². The zero-order valence-corrected chi connectivity index (χ0v) is 9.66. The van der Waals surface area contributed by atoms with Gasteiger partial charge in [0.05, 0.1) is 18.7 Å². The molecule has 0 atom stereocenters. The second-order valence-corrected chi connectivity index (χ2v) is 4.66. The molecule has 0 unspecified atom stereocenters. The fraction of sp³-hybridized carbons (Fsp3) is 0.357. The summed E-state index contributed by atoms with van der Waals surface area (Å²) in [6.45, 7) is 5.86. The van der Waals surface area contributed by atoms with E-state index >= 15 is 0 Å². The summed E-state index contributed by atoms with van der Waals surface area (Å²) in [6, 6.07) is 6.44. The quantitative estimate of drug-likeness (QED) is 0.724. The minimum atomic E-state index is 0.514. The smallest absolute Gasteiger partial charge is 0.0743 e. The first-order valence-corrected chi connectivity index (χ1v) is 5.74. The van der Waals surface area contributed by atoms with Crippen LogP contribution in [0.15, 0.2) is 24.4 Å². The molecule has 0 N–H and O–H groups in total. The van der Waals surface area contributed by atoms with Crippen molar-refractivity contribution in [1.29, 1.82) is 0 Å². The summed E-state index contributed by atoms with van der Waals surface area (Å²) >= 11 is 0. The molecule has 0 saturated carbocycles. The van der Waals surface area contributed by atoms with E-state index in [1.807, 2.05) is 6.20 Å². The van der Waals surface area contributed by atoms with E-state index in [1.54, 1.807) is 0 Å². The van der Waals surface area contributed by atoms with E-state index in [-0.39, 0.29) is 0 Å². The summed E-state index contributed by atoms with van der Waals surface area (Å²) in [6.07, 6.45) is 1.89. The SMILES string of the molecule is CC(C)c1ccc2c3c(ccnc13)COC2. The van der Waals surface area contributed by atoms with Gasteiger partial charge in [-0.15, -0.1) is 0 Å². The largest absolute Gasteiger partial charge is 0.372 e. The lowest BCUT2D eigenvalue weighted by Crippen LogP contribution is -2.06. The third-order valence-corrected chi connectivity index (χ3v) is 3.23.